The highest BCUT2D eigenvalue weighted by molar-refractivity contribution is 14.1. The van der Waals surface area contributed by atoms with Crippen LogP contribution in [0.15, 0.2) is 24.3 Å². The highest BCUT2D eigenvalue weighted by atomic mass is 127. The number of aromatic nitrogens is 2. The van der Waals surface area contributed by atoms with Gasteiger partial charge in [0.2, 0.25) is 0 Å². The summed E-state index contributed by atoms with van der Waals surface area (Å²) in [7, 11) is 0. The topological polar surface area (TPSA) is 34.9 Å². The van der Waals surface area contributed by atoms with Crippen LogP contribution in [-0.4, -0.2) is 15.8 Å². The molecule has 2 rings (SSSR count). The van der Waals surface area contributed by atoms with Crippen LogP contribution in [0.1, 0.15) is 16.2 Å². The molecule has 0 aliphatic heterocycles. The fraction of sp³-hybridized carbons (Fsp3) is 0.0909. The minimum Gasteiger partial charge on any atom is -0.298 e. The predicted octanol–water partition coefficient (Wildman–Crippen LogP) is 3.20. The third kappa shape index (κ3) is 2.15. The Hall–Kier alpha value is -0.440. The lowest BCUT2D eigenvalue weighted by Crippen LogP contribution is -2.00. The van der Waals surface area contributed by atoms with Gasteiger partial charge in [0.15, 0.2) is 0 Å². The normalized spacial score (nSPS) is 10.4. The fourth-order valence-corrected chi connectivity index (χ4v) is 2.85. The van der Waals surface area contributed by atoms with Crippen molar-refractivity contribution in [2.75, 3.05) is 0 Å². The molecule has 16 heavy (non-hydrogen) atoms. The second-order valence-corrected chi connectivity index (χ2v) is 5.33. The lowest BCUT2D eigenvalue weighted by atomic mass is 10.2. The van der Waals surface area contributed by atoms with Gasteiger partial charge in [-0.3, -0.25) is 9.36 Å². The highest BCUT2D eigenvalue weighted by Gasteiger charge is 2.11. The molecule has 0 spiro atoms. The first kappa shape index (κ1) is 12.0. The van der Waals surface area contributed by atoms with Crippen LogP contribution in [0.5, 0.6) is 0 Å². The van der Waals surface area contributed by atoms with Gasteiger partial charge in [-0.2, -0.15) is 0 Å². The number of carbonyl (C=O) groups excluding carboxylic acids is 1. The molecule has 0 N–H and O–H groups in total. The van der Waals surface area contributed by atoms with E-state index in [4.69, 9.17) is 0 Å². The van der Waals surface area contributed by atoms with E-state index in [1.807, 2.05) is 29.7 Å². The van der Waals surface area contributed by atoms with Crippen molar-refractivity contribution in [2.45, 2.75) is 6.92 Å². The Balaban J connectivity index is 2.62. The molecule has 0 aliphatic carbocycles. The predicted molar refractivity (Wildman–Crippen MR) is 79.1 cm³/mol. The van der Waals surface area contributed by atoms with E-state index in [1.54, 1.807) is 6.07 Å². The number of aldehydes is 1. The largest absolute Gasteiger partial charge is 0.298 e. The maximum absolute atomic E-state index is 10.7. The van der Waals surface area contributed by atoms with Gasteiger partial charge in [0.05, 0.1) is 0 Å². The van der Waals surface area contributed by atoms with Crippen molar-refractivity contribution in [2.24, 2.45) is 0 Å². The molecule has 0 fully saturated rings. The van der Waals surface area contributed by atoms with Crippen LogP contribution in [0.2, 0.25) is 0 Å². The molecule has 82 valence electrons. The maximum Gasteiger partial charge on any atom is 0.150 e. The number of hydrogen-bond acceptors (Lipinski definition) is 2. The molecule has 0 aliphatic rings. The van der Waals surface area contributed by atoms with Crippen LogP contribution >= 0.6 is 45.2 Å². The first-order chi connectivity index (χ1) is 7.63. The summed E-state index contributed by atoms with van der Waals surface area (Å²) < 4.78 is 4.08. The van der Waals surface area contributed by atoms with Gasteiger partial charge in [-0.15, -0.1) is 0 Å². The van der Waals surface area contributed by atoms with Crippen molar-refractivity contribution in [3.63, 3.8) is 0 Å². The van der Waals surface area contributed by atoms with E-state index >= 15 is 0 Å². The van der Waals surface area contributed by atoms with Gasteiger partial charge < -0.3 is 0 Å². The molecule has 1 aromatic carbocycles. The number of aryl methyl sites for hydroxylation is 1. The zero-order valence-electron chi connectivity index (χ0n) is 8.45. The number of rotatable bonds is 2. The monoisotopic (exact) mass is 438 g/mol. The Morgan fingerprint density at radius 1 is 1.38 bits per heavy atom. The molecule has 5 heteroatoms. The van der Waals surface area contributed by atoms with Gasteiger partial charge in [-0.25, -0.2) is 4.98 Å². The summed E-state index contributed by atoms with van der Waals surface area (Å²) in [5.41, 5.74) is 1.65. The zero-order chi connectivity index (χ0) is 11.7. The number of hydrogen-bond donors (Lipinski definition) is 0. The van der Waals surface area contributed by atoms with E-state index in [9.17, 15) is 4.79 Å². The molecule has 0 bridgehead atoms. The number of benzene rings is 1. The lowest BCUT2D eigenvalue weighted by molar-refractivity contribution is 0.112. The Kier molecular flexibility index (Phi) is 3.63. The summed E-state index contributed by atoms with van der Waals surface area (Å²) in [6.45, 7) is 1.96. The fourth-order valence-electron chi connectivity index (χ4n) is 1.51. The second kappa shape index (κ2) is 4.82. The van der Waals surface area contributed by atoms with Gasteiger partial charge in [0, 0.05) is 11.3 Å². The van der Waals surface area contributed by atoms with Gasteiger partial charge >= 0.3 is 0 Å². The Morgan fingerprint density at radius 3 is 2.69 bits per heavy atom. The first-order valence-corrected chi connectivity index (χ1v) is 6.75. The summed E-state index contributed by atoms with van der Waals surface area (Å²) in [6, 6.07) is 7.50. The minimum absolute atomic E-state index is 0.677. The van der Waals surface area contributed by atoms with Crippen LogP contribution in [0.3, 0.4) is 0 Å². The smallest absolute Gasteiger partial charge is 0.150 e. The van der Waals surface area contributed by atoms with Crippen LogP contribution in [0, 0.1) is 14.3 Å². The summed E-state index contributed by atoms with van der Waals surface area (Å²) in [5.74, 6) is 0.928. The molecule has 0 radical (unpaired) electrons. The molecule has 0 atom stereocenters. The Morgan fingerprint density at radius 2 is 2.12 bits per heavy atom. The third-order valence-corrected chi connectivity index (χ3v) is 4.99. The van der Waals surface area contributed by atoms with Crippen molar-refractivity contribution in [3.8, 4) is 5.69 Å². The summed E-state index contributed by atoms with van der Waals surface area (Å²) >= 11 is 4.46. The van der Waals surface area contributed by atoms with Gasteiger partial charge in [-0.1, -0.05) is 12.1 Å². The van der Waals surface area contributed by atoms with E-state index in [2.05, 4.69) is 50.2 Å². The first-order valence-electron chi connectivity index (χ1n) is 4.59. The second-order valence-electron chi connectivity index (χ2n) is 3.29. The van der Waals surface area contributed by atoms with Crippen molar-refractivity contribution >= 4 is 51.5 Å². The van der Waals surface area contributed by atoms with Crippen LogP contribution < -0.4 is 0 Å². The number of carbonyl (C=O) groups is 1. The number of halogens is 2. The molecule has 1 aromatic heterocycles. The average molecular weight is 438 g/mol. The summed E-state index contributed by atoms with van der Waals surface area (Å²) in [5, 5.41) is 0. The van der Waals surface area contributed by atoms with Gasteiger partial charge in [0.1, 0.15) is 19.5 Å². The highest BCUT2D eigenvalue weighted by Crippen LogP contribution is 2.21. The SMILES string of the molecule is Cc1nc(I)c(I)n1-c1cccc(C=O)c1. The van der Waals surface area contributed by atoms with E-state index < -0.39 is 0 Å². The van der Waals surface area contributed by atoms with Crippen molar-refractivity contribution in [1.29, 1.82) is 0 Å². The molecular weight excluding hydrogens is 430 g/mol. The van der Waals surface area contributed by atoms with Crippen LogP contribution in [0.25, 0.3) is 5.69 Å². The van der Waals surface area contributed by atoms with E-state index in [-0.39, 0.29) is 0 Å². The Labute approximate surface area is 121 Å². The summed E-state index contributed by atoms with van der Waals surface area (Å²) in [4.78, 5) is 15.1. The zero-order valence-corrected chi connectivity index (χ0v) is 12.8. The number of nitrogens with zero attached hydrogens (tertiary/aromatic N) is 2. The van der Waals surface area contributed by atoms with Gasteiger partial charge in [0.25, 0.3) is 0 Å². The molecule has 0 unspecified atom stereocenters. The van der Waals surface area contributed by atoms with Gasteiger partial charge in [-0.05, 0) is 64.2 Å². The van der Waals surface area contributed by atoms with Crippen molar-refractivity contribution in [1.82, 2.24) is 9.55 Å². The lowest BCUT2D eigenvalue weighted by Gasteiger charge is -2.07. The molecule has 2 aromatic rings. The average Bonchev–Trinajstić information content (AvgIpc) is 2.53. The Bertz CT molecular complexity index is 549. The van der Waals surface area contributed by atoms with Crippen molar-refractivity contribution < 1.29 is 4.79 Å². The molecular formula is C11H8I2N2O. The summed E-state index contributed by atoms with van der Waals surface area (Å²) in [6.07, 6.45) is 0.855. The molecule has 0 saturated heterocycles. The van der Waals surface area contributed by atoms with Crippen LogP contribution in [0.4, 0.5) is 0 Å². The molecule has 0 saturated carbocycles. The molecule has 3 nitrogen and oxygen atoms in total. The van der Waals surface area contributed by atoms with E-state index in [1.165, 1.54) is 0 Å². The quantitative estimate of drug-likeness (QED) is 0.534. The van der Waals surface area contributed by atoms with E-state index in [0.717, 1.165) is 25.2 Å². The van der Waals surface area contributed by atoms with Crippen LogP contribution in [-0.2, 0) is 0 Å². The molecule has 1 heterocycles. The number of imidazole rings is 1. The standard InChI is InChI=1S/C11H8I2N2O/c1-7-14-10(12)11(13)15(7)9-4-2-3-8(5-9)6-16/h2-6H,1H3. The van der Waals surface area contributed by atoms with Crippen molar-refractivity contribution in [3.05, 3.63) is 43.1 Å². The minimum atomic E-state index is 0.677. The third-order valence-electron chi connectivity index (χ3n) is 2.21. The maximum atomic E-state index is 10.7. The van der Waals surface area contributed by atoms with E-state index in [0.29, 0.717) is 5.56 Å². The molecule has 0 amide bonds.